The molecule has 0 fully saturated rings. The maximum atomic E-state index is 10.7. The van der Waals surface area contributed by atoms with Gasteiger partial charge in [-0.15, -0.1) is 12.4 Å². The molecule has 0 aliphatic rings. The molecule has 3 heteroatoms. The molecule has 1 aromatic carbocycles. The molecular weight excluding hydrogens is 306 g/mol. The normalized spacial score (nSPS) is 13.6. The third kappa shape index (κ3) is 6.00. The molecule has 0 saturated carbocycles. The fraction of sp³-hybridized carbons (Fsp3) is 0.700. The van der Waals surface area contributed by atoms with Crippen molar-refractivity contribution in [2.24, 2.45) is 5.73 Å². The molecule has 0 radical (unpaired) electrons. The molecule has 0 unspecified atom stereocenters. The summed E-state index contributed by atoms with van der Waals surface area (Å²) in [5, 5.41) is 10.7. The van der Waals surface area contributed by atoms with Crippen LogP contribution in [0.15, 0.2) is 12.1 Å². The van der Waals surface area contributed by atoms with Crippen LogP contribution in [0.1, 0.15) is 96.9 Å². The maximum Gasteiger partial charge on any atom is 0.123 e. The number of hydrogen-bond acceptors (Lipinski definition) is 2. The number of unbranched alkanes of at least 4 members (excludes halogenated alkanes) is 2. The molecule has 1 atom stereocenters. The van der Waals surface area contributed by atoms with Gasteiger partial charge in [0.2, 0.25) is 0 Å². The van der Waals surface area contributed by atoms with E-state index in [-0.39, 0.29) is 29.3 Å². The Morgan fingerprint density at radius 3 is 1.74 bits per heavy atom. The van der Waals surface area contributed by atoms with E-state index in [1.165, 1.54) is 12.8 Å². The summed E-state index contributed by atoms with van der Waals surface area (Å²) in [6.07, 6.45) is 4.60. The topological polar surface area (TPSA) is 46.2 Å². The summed E-state index contributed by atoms with van der Waals surface area (Å²) in [4.78, 5) is 0. The van der Waals surface area contributed by atoms with E-state index in [4.69, 9.17) is 5.73 Å². The molecule has 0 bridgehead atoms. The number of halogens is 1. The van der Waals surface area contributed by atoms with E-state index in [9.17, 15) is 5.11 Å². The van der Waals surface area contributed by atoms with Gasteiger partial charge in [0.05, 0.1) is 0 Å². The highest BCUT2D eigenvalue weighted by Crippen LogP contribution is 2.41. The summed E-state index contributed by atoms with van der Waals surface area (Å²) in [7, 11) is 0. The van der Waals surface area contributed by atoms with Crippen molar-refractivity contribution in [3.8, 4) is 5.75 Å². The zero-order valence-electron chi connectivity index (χ0n) is 16.0. The Morgan fingerprint density at radius 2 is 1.39 bits per heavy atom. The number of phenols is 1. The number of nitrogens with two attached hydrogens (primary N) is 1. The van der Waals surface area contributed by atoms with Gasteiger partial charge in [-0.3, -0.25) is 0 Å². The van der Waals surface area contributed by atoms with Crippen molar-refractivity contribution in [3.63, 3.8) is 0 Å². The van der Waals surface area contributed by atoms with Crippen LogP contribution in [0, 0.1) is 0 Å². The van der Waals surface area contributed by atoms with Gasteiger partial charge in [0.15, 0.2) is 0 Å². The molecule has 1 rings (SSSR count). The Kier molecular flexibility index (Phi) is 8.13. The molecule has 0 saturated heterocycles. The van der Waals surface area contributed by atoms with Crippen LogP contribution in [0.4, 0.5) is 0 Å². The number of phenolic OH excluding ortho intramolecular Hbond substituents is 1. The Morgan fingerprint density at radius 1 is 0.957 bits per heavy atom. The SMILES string of the molecule is CCCCC[C@H](N)c1cc(C(C)(C)C)c(O)c(C(C)(C)C)c1.Cl. The second kappa shape index (κ2) is 8.39. The van der Waals surface area contributed by atoms with Crippen molar-refractivity contribution < 1.29 is 5.11 Å². The predicted octanol–water partition coefficient (Wildman–Crippen LogP) is 5.99. The predicted molar refractivity (Wildman–Crippen MR) is 104 cm³/mol. The van der Waals surface area contributed by atoms with E-state index >= 15 is 0 Å². The standard InChI is InChI=1S/C20H35NO.ClH/c1-8-9-10-11-17(21)14-12-15(19(2,3)4)18(22)16(13-14)20(5,6)7;/h12-13,17,22H,8-11,21H2,1-7H3;1H/t17-;/m0./s1. The smallest absolute Gasteiger partial charge is 0.123 e. The minimum absolute atomic E-state index is 0. The highest BCUT2D eigenvalue weighted by atomic mass is 35.5. The van der Waals surface area contributed by atoms with E-state index in [0.29, 0.717) is 5.75 Å². The van der Waals surface area contributed by atoms with Crippen molar-refractivity contribution in [2.45, 2.75) is 91.0 Å². The first-order valence-electron chi connectivity index (χ1n) is 8.62. The Bertz CT molecular complexity index is 462. The minimum Gasteiger partial charge on any atom is -0.507 e. The molecule has 0 aromatic heterocycles. The number of benzene rings is 1. The molecule has 0 amide bonds. The molecule has 0 aliphatic heterocycles. The molecule has 134 valence electrons. The quantitative estimate of drug-likeness (QED) is 0.646. The van der Waals surface area contributed by atoms with E-state index in [2.05, 4.69) is 60.6 Å². The molecule has 3 N–H and O–H groups in total. The van der Waals surface area contributed by atoms with Crippen molar-refractivity contribution >= 4 is 12.4 Å². The first-order valence-corrected chi connectivity index (χ1v) is 8.62. The van der Waals surface area contributed by atoms with Gasteiger partial charge in [0, 0.05) is 6.04 Å². The van der Waals surface area contributed by atoms with Gasteiger partial charge in [-0.05, 0) is 33.9 Å². The lowest BCUT2D eigenvalue weighted by Crippen LogP contribution is -2.20. The lowest BCUT2D eigenvalue weighted by Gasteiger charge is -2.29. The van der Waals surface area contributed by atoms with Crippen LogP contribution in [0.3, 0.4) is 0 Å². The summed E-state index contributed by atoms with van der Waals surface area (Å²) in [6, 6.07) is 4.27. The van der Waals surface area contributed by atoms with Crippen molar-refractivity contribution in [2.75, 3.05) is 0 Å². The lowest BCUT2D eigenvalue weighted by molar-refractivity contribution is 0.421. The monoisotopic (exact) mass is 341 g/mol. The zero-order valence-corrected chi connectivity index (χ0v) is 16.8. The van der Waals surface area contributed by atoms with Crippen LogP contribution < -0.4 is 5.73 Å². The van der Waals surface area contributed by atoms with Crippen LogP contribution in [-0.2, 0) is 10.8 Å². The lowest BCUT2D eigenvalue weighted by atomic mass is 9.77. The maximum absolute atomic E-state index is 10.7. The molecule has 1 aromatic rings. The van der Waals surface area contributed by atoms with E-state index in [1.54, 1.807) is 0 Å². The Hall–Kier alpha value is -0.730. The fourth-order valence-electron chi connectivity index (χ4n) is 2.80. The average Bonchev–Trinajstić information content (AvgIpc) is 2.36. The molecular formula is C20H36ClNO. The third-order valence-corrected chi connectivity index (χ3v) is 4.30. The number of rotatable bonds is 5. The van der Waals surface area contributed by atoms with E-state index < -0.39 is 0 Å². The van der Waals surface area contributed by atoms with Gasteiger partial charge in [0.25, 0.3) is 0 Å². The zero-order chi connectivity index (χ0) is 17.1. The first-order chi connectivity index (χ1) is 9.98. The summed E-state index contributed by atoms with van der Waals surface area (Å²) >= 11 is 0. The average molecular weight is 342 g/mol. The largest absolute Gasteiger partial charge is 0.507 e. The van der Waals surface area contributed by atoms with E-state index in [0.717, 1.165) is 29.5 Å². The van der Waals surface area contributed by atoms with Gasteiger partial charge >= 0.3 is 0 Å². The fourth-order valence-corrected chi connectivity index (χ4v) is 2.80. The van der Waals surface area contributed by atoms with Gasteiger partial charge < -0.3 is 10.8 Å². The van der Waals surface area contributed by atoms with Crippen LogP contribution in [0.2, 0.25) is 0 Å². The molecule has 2 nitrogen and oxygen atoms in total. The summed E-state index contributed by atoms with van der Waals surface area (Å²) in [6.45, 7) is 15.0. The number of hydrogen-bond donors (Lipinski definition) is 2. The summed E-state index contributed by atoms with van der Waals surface area (Å²) < 4.78 is 0. The Balaban J connectivity index is 0.00000484. The first kappa shape index (κ1) is 22.3. The van der Waals surface area contributed by atoms with Crippen LogP contribution in [-0.4, -0.2) is 5.11 Å². The van der Waals surface area contributed by atoms with Crippen LogP contribution >= 0.6 is 12.4 Å². The van der Waals surface area contributed by atoms with Crippen molar-refractivity contribution in [1.29, 1.82) is 0 Å². The van der Waals surface area contributed by atoms with Crippen molar-refractivity contribution in [3.05, 3.63) is 28.8 Å². The van der Waals surface area contributed by atoms with E-state index in [1.807, 2.05) is 0 Å². The summed E-state index contributed by atoms with van der Waals surface area (Å²) in [5.74, 6) is 0.435. The van der Waals surface area contributed by atoms with Crippen LogP contribution in [0.5, 0.6) is 5.75 Å². The highest BCUT2D eigenvalue weighted by molar-refractivity contribution is 5.85. The Labute approximate surface area is 149 Å². The van der Waals surface area contributed by atoms with Gasteiger partial charge in [0.1, 0.15) is 5.75 Å². The summed E-state index contributed by atoms with van der Waals surface area (Å²) in [5.41, 5.74) is 9.40. The second-order valence-electron chi connectivity index (χ2n) is 8.57. The van der Waals surface area contributed by atoms with Gasteiger partial charge in [-0.1, -0.05) is 79.9 Å². The highest BCUT2D eigenvalue weighted by Gasteiger charge is 2.27. The molecule has 0 spiro atoms. The van der Waals surface area contributed by atoms with Gasteiger partial charge in [-0.2, -0.15) is 0 Å². The second-order valence-corrected chi connectivity index (χ2v) is 8.57. The molecule has 23 heavy (non-hydrogen) atoms. The van der Waals surface area contributed by atoms with Crippen molar-refractivity contribution in [1.82, 2.24) is 0 Å². The molecule has 0 aliphatic carbocycles. The molecule has 0 heterocycles. The third-order valence-electron chi connectivity index (χ3n) is 4.30. The number of aromatic hydroxyl groups is 1. The minimum atomic E-state index is -0.0940. The van der Waals surface area contributed by atoms with Gasteiger partial charge in [-0.25, -0.2) is 0 Å². The van der Waals surface area contributed by atoms with Crippen LogP contribution in [0.25, 0.3) is 0 Å².